The second-order valence-corrected chi connectivity index (χ2v) is 16.2. The molecule has 1 heterocycles. The Bertz CT molecular complexity index is 1310. The zero-order valence-corrected chi connectivity index (χ0v) is 35.9. The molecule has 0 radical (unpaired) electrons. The van der Waals surface area contributed by atoms with Gasteiger partial charge in [0.2, 0.25) is 23.6 Å². The molecular weight excluding hydrogens is 684 g/mol. The first-order chi connectivity index (χ1) is 25.5. The molecule has 0 spiro atoms. The van der Waals surface area contributed by atoms with Gasteiger partial charge in [-0.1, -0.05) is 73.9 Å². The number of methoxy groups -OCH3 is 2. The van der Waals surface area contributed by atoms with Gasteiger partial charge in [-0.3, -0.25) is 24.1 Å². The number of hydrogen-bond donors (Lipinski definition) is 3. The van der Waals surface area contributed by atoms with Crippen molar-refractivity contribution in [1.29, 1.82) is 0 Å². The minimum Gasteiger partial charge on any atom is -0.388 e. The number of rotatable bonds is 22. The van der Waals surface area contributed by atoms with Crippen molar-refractivity contribution >= 4 is 29.3 Å². The van der Waals surface area contributed by atoms with Crippen molar-refractivity contribution < 1.29 is 28.7 Å². The standard InChI is InChI=1S/C42H74N6O6/c1-15-28(7)38(47(12)42(52)36(26(3)4)45-41(51)37(27(5)6)46(10)11)34(53-13)25-35(49)48-23-17-18-33(48)39(54-14)29(8)40(50)44-31(16-2)24-30-19-21-32(43-9)22-20-30/h19-22,26-29,31,33-34,36-39,43H,15-18,23-25H2,1-14H3,(H,44,50)(H,45,51)/t28-,29+,31+,33-,34+,36-,37-,38-,39+/m0/s1. The summed E-state index contributed by atoms with van der Waals surface area (Å²) in [5.74, 6) is -1.17. The van der Waals surface area contributed by atoms with E-state index in [4.69, 9.17) is 9.47 Å². The number of nitrogens with one attached hydrogen (secondary N) is 3. The lowest BCUT2D eigenvalue weighted by molar-refractivity contribution is -0.148. The number of nitrogens with zero attached hydrogens (tertiary/aromatic N) is 3. The fraction of sp³-hybridized carbons (Fsp3) is 0.762. The molecule has 308 valence electrons. The molecule has 12 heteroatoms. The Hall–Kier alpha value is -3.22. The van der Waals surface area contributed by atoms with E-state index in [1.165, 1.54) is 0 Å². The van der Waals surface area contributed by atoms with Gasteiger partial charge in [-0.15, -0.1) is 0 Å². The van der Waals surface area contributed by atoms with Crippen LogP contribution in [-0.4, -0.2) is 130 Å². The molecule has 1 aromatic rings. The van der Waals surface area contributed by atoms with E-state index in [2.05, 4.69) is 48.9 Å². The summed E-state index contributed by atoms with van der Waals surface area (Å²) in [4.78, 5) is 61.0. The zero-order valence-electron chi connectivity index (χ0n) is 35.9. The molecule has 1 fully saturated rings. The Morgan fingerprint density at radius 2 is 1.50 bits per heavy atom. The largest absolute Gasteiger partial charge is 0.388 e. The molecule has 1 aliphatic rings. The molecule has 0 aliphatic carbocycles. The van der Waals surface area contributed by atoms with Crippen molar-refractivity contribution in [2.75, 3.05) is 54.3 Å². The van der Waals surface area contributed by atoms with Crippen LogP contribution in [0.2, 0.25) is 0 Å². The van der Waals surface area contributed by atoms with Gasteiger partial charge in [0.15, 0.2) is 0 Å². The highest BCUT2D eigenvalue weighted by atomic mass is 16.5. The van der Waals surface area contributed by atoms with Crippen molar-refractivity contribution in [2.45, 2.75) is 136 Å². The zero-order chi connectivity index (χ0) is 40.9. The highest BCUT2D eigenvalue weighted by molar-refractivity contribution is 5.90. The molecule has 9 atom stereocenters. The first-order valence-corrected chi connectivity index (χ1v) is 20.1. The van der Waals surface area contributed by atoms with Gasteiger partial charge in [-0.05, 0) is 75.2 Å². The maximum absolute atomic E-state index is 14.2. The third-order valence-corrected chi connectivity index (χ3v) is 11.5. The summed E-state index contributed by atoms with van der Waals surface area (Å²) in [5.41, 5.74) is 2.19. The van der Waals surface area contributed by atoms with Gasteiger partial charge in [0.05, 0.1) is 42.7 Å². The molecule has 0 unspecified atom stereocenters. The maximum Gasteiger partial charge on any atom is 0.245 e. The van der Waals surface area contributed by atoms with E-state index in [0.717, 1.165) is 43.4 Å². The van der Waals surface area contributed by atoms with Crippen molar-refractivity contribution in [3.63, 3.8) is 0 Å². The average molecular weight is 759 g/mol. The van der Waals surface area contributed by atoms with Crippen LogP contribution in [0.25, 0.3) is 0 Å². The van der Waals surface area contributed by atoms with Crippen LogP contribution < -0.4 is 16.0 Å². The molecule has 54 heavy (non-hydrogen) atoms. The number of benzene rings is 1. The first-order valence-electron chi connectivity index (χ1n) is 20.1. The number of ether oxygens (including phenoxy) is 2. The van der Waals surface area contributed by atoms with E-state index in [0.29, 0.717) is 6.54 Å². The van der Waals surface area contributed by atoms with Gasteiger partial charge in [0.25, 0.3) is 0 Å². The summed E-state index contributed by atoms with van der Waals surface area (Å²) >= 11 is 0. The van der Waals surface area contributed by atoms with Crippen LogP contribution in [0.3, 0.4) is 0 Å². The third-order valence-electron chi connectivity index (χ3n) is 11.5. The summed E-state index contributed by atoms with van der Waals surface area (Å²) in [6, 6.07) is 6.36. The molecule has 0 bridgehead atoms. The second-order valence-electron chi connectivity index (χ2n) is 16.2. The minimum atomic E-state index is -0.743. The van der Waals surface area contributed by atoms with Crippen molar-refractivity contribution in [3.05, 3.63) is 29.8 Å². The third kappa shape index (κ3) is 12.4. The first kappa shape index (κ1) is 46.9. The SMILES string of the molecule is CC[C@H](Cc1ccc(NC)cc1)NC(=O)[C@H](C)[C@@H](OC)[C@@H]1CCCN1C(=O)C[C@@H](OC)[C@H]([C@@H](C)CC)N(C)C(=O)[C@@H](NC(=O)[C@H](C(C)C)N(C)C)C(C)C. The summed E-state index contributed by atoms with van der Waals surface area (Å²) in [6.45, 7) is 16.5. The fourth-order valence-corrected chi connectivity index (χ4v) is 8.13. The van der Waals surface area contributed by atoms with Crippen molar-refractivity contribution in [1.82, 2.24) is 25.3 Å². The topological polar surface area (TPSA) is 133 Å². The maximum atomic E-state index is 14.2. The molecule has 1 aliphatic heterocycles. The van der Waals surface area contributed by atoms with Crippen LogP contribution in [0.1, 0.15) is 93.1 Å². The van der Waals surface area contributed by atoms with Gasteiger partial charge in [-0.2, -0.15) is 0 Å². The molecule has 1 saturated heterocycles. The fourth-order valence-electron chi connectivity index (χ4n) is 8.13. The summed E-state index contributed by atoms with van der Waals surface area (Å²) in [6.07, 6.45) is 2.76. The van der Waals surface area contributed by atoms with E-state index < -0.39 is 30.2 Å². The van der Waals surface area contributed by atoms with Gasteiger partial charge in [-0.25, -0.2) is 0 Å². The Labute approximate surface area is 326 Å². The van der Waals surface area contributed by atoms with Crippen LogP contribution in [0.5, 0.6) is 0 Å². The summed E-state index contributed by atoms with van der Waals surface area (Å²) in [7, 11) is 10.6. The van der Waals surface area contributed by atoms with E-state index in [9.17, 15) is 19.2 Å². The van der Waals surface area contributed by atoms with E-state index >= 15 is 0 Å². The monoisotopic (exact) mass is 759 g/mol. The Balaban J connectivity index is 2.24. The van der Waals surface area contributed by atoms with Crippen LogP contribution >= 0.6 is 0 Å². The van der Waals surface area contributed by atoms with E-state index in [1.807, 2.05) is 77.7 Å². The number of amides is 4. The molecular formula is C42H74N6O6. The highest BCUT2D eigenvalue weighted by Crippen LogP contribution is 2.30. The Morgan fingerprint density at radius 3 is 1.98 bits per heavy atom. The number of carbonyl (C=O) groups is 4. The van der Waals surface area contributed by atoms with Crippen molar-refractivity contribution in [2.24, 2.45) is 23.7 Å². The van der Waals surface area contributed by atoms with Gasteiger partial charge in [0.1, 0.15) is 6.04 Å². The molecule has 3 N–H and O–H groups in total. The molecule has 0 aromatic heterocycles. The number of likely N-dealkylation sites (tertiary alicyclic amines) is 1. The van der Waals surface area contributed by atoms with Crippen LogP contribution in [0.15, 0.2) is 24.3 Å². The van der Waals surface area contributed by atoms with Crippen LogP contribution in [0.4, 0.5) is 5.69 Å². The van der Waals surface area contributed by atoms with E-state index in [-0.39, 0.29) is 65.9 Å². The normalized spacial score (nSPS) is 19.1. The number of likely N-dealkylation sites (N-methyl/N-ethyl adjacent to an activating group) is 2. The molecule has 2 rings (SSSR count). The quantitative estimate of drug-likeness (QED) is 0.154. The lowest BCUT2D eigenvalue weighted by Gasteiger charge is -2.41. The van der Waals surface area contributed by atoms with Crippen LogP contribution in [-0.2, 0) is 35.1 Å². The Morgan fingerprint density at radius 1 is 0.870 bits per heavy atom. The summed E-state index contributed by atoms with van der Waals surface area (Å²) < 4.78 is 12.1. The molecule has 4 amide bonds. The van der Waals surface area contributed by atoms with Gasteiger partial charge < -0.3 is 35.2 Å². The van der Waals surface area contributed by atoms with E-state index in [1.54, 1.807) is 26.2 Å². The predicted molar refractivity (Wildman–Crippen MR) is 217 cm³/mol. The summed E-state index contributed by atoms with van der Waals surface area (Å²) in [5, 5.41) is 9.43. The molecule has 0 saturated carbocycles. The number of hydrogen-bond acceptors (Lipinski definition) is 8. The number of anilines is 1. The highest BCUT2D eigenvalue weighted by Gasteiger charge is 2.43. The van der Waals surface area contributed by atoms with Gasteiger partial charge >= 0.3 is 0 Å². The minimum absolute atomic E-state index is 0.00276. The van der Waals surface area contributed by atoms with Crippen LogP contribution in [0, 0.1) is 23.7 Å². The number of carbonyl (C=O) groups excluding carboxylic acids is 4. The molecule has 1 aromatic carbocycles. The predicted octanol–water partition coefficient (Wildman–Crippen LogP) is 4.81. The smallest absolute Gasteiger partial charge is 0.245 e. The average Bonchev–Trinajstić information content (AvgIpc) is 3.62. The lowest BCUT2D eigenvalue weighted by Crippen LogP contribution is -2.59. The molecule has 12 nitrogen and oxygen atoms in total. The van der Waals surface area contributed by atoms with Gasteiger partial charge in [0, 0.05) is 46.6 Å². The Kier molecular flexibility index (Phi) is 19.4. The second kappa shape index (κ2) is 22.4. The lowest BCUT2D eigenvalue weighted by atomic mass is 9.89. The van der Waals surface area contributed by atoms with Crippen molar-refractivity contribution in [3.8, 4) is 0 Å².